The minimum absolute atomic E-state index is 0.355. The van der Waals surface area contributed by atoms with Gasteiger partial charge in [0.1, 0.15) is 0 Å². The van der Waals surface area contributed by atoms with Crippen molar-refractivity contribution < 1.29 is 9.53 Å². The lowest BCUT2D eigenvalue weighted by molar-refractivity contribution is -0.133. The Hall–Kier alpha value is -1.05. The number of unbranched alkanes of at least 4 members (excludes halogenated alkanes) is 3. The quantitative estimate of drug-likeness (QED) is 0.261. The Morgan fingerprint density at radius 3 is 2.62 bits per heavy atom. The van der Waals surface area contributed by atoms with Crippen molar-refractivity contribution in [1.82, 2.24) is 0 Å². The van der Waals surface area contributed by atoms with Crippen LogP contribution in [0.25, 0.3) is 0 Å². The molecule has 0 radical (unpaired) electrons. The second-order valence-electron chi connectivity index (χ2n) is 2.99. The number of ether oxygens (including phenoxy) is 1. The smallest absolute Gasteiger partial charge is 0.338 e. The molecule has 74 valence electrons. The Morgan fingerprint density at radius 2 is 2.08 bits per heavy atom. The topological polar surface area (TPSA) is 26.3 Å². The maximum atomic E-state index is 11.0. The molecule has 0 spiro atoms. The molecule has 0 aliphatic rings. The average molecular weight is 182 g/mol. The van der Waals surface area contributed by atoms with E-state index in [-0.39, 0.29) is 5.97 Å². The second kappa shape index (κ2) is 7.59. The zero-order valence-corrected chi connectivity index (χ0v) is 8.34. The summed E-state index contributed by atoms with van der Waals surface area (Å²) >= 11 is 0. The molecule has 0 unspecified atom stereocenters. The minimum atomic E-state index is -0.355. The molecule has 0 aromatic carbocycles. The van der Waals surface area contributed by atoms with E-state index < -0.39 is 0 Å². The maximum absolute atomic E-state index is 11.0. The second-order valence-corrected chi connectivity index (χ2v) is 2.99. The molecule has 0 amide bonds. The molecule has 0 saturated carbocycles. The predicted molar refractivity (Wildman–Crippen MR) is 54.2 cm³/mol. The fourth-order valence-corrected chi connectivity index (χ4v) is 1.03. The molecular weight excluding hydrogens is 164 g/mol. The lowest BCUT2D eigenvalue weighted by atomic mass is 10.1. The van der Waals surface area contributed by atoms with E-state index in [0.717, 1.165) is 25.5 Å². The van der Waals surface area contributed by atoms with Crippen LogP contribution in [0.15, 0.2) is 25.0 Å². The van der Waals surface area contributed by atoms with E-state index in [0.29, 0.717) is 5.57 Å². The van der Waals surface area contributed by atoms with Crippen molar-refractivity contribution in [2.75, 3.05) is 0 Å². The Balaban J connectivity index is 3.50. The molecule has 13 heavy (non-hydrogen) atoms. The summed E-state index contributed by atoms with van der Waals surface area (Å²) in [4.78, 5) is 11.0. The number of esters is 1. The van der Waals surface area contributed by atoms with E-state index in [1.807, 2.05) is 0 Å². The maximum Gasteiger partial charge on any atom is 0.338 e. The largest absolute Gasteiger partial charge is 0.432 e. The van der Waals surface area contributed by atoms with Crippen LogP contribution in [0.4, 0.5) is 0 Å². The first-order valence-electron chi connectivity index (χ1n) is 4.72. The van der Waals surface area contributed by atoms with Crippen molar-refractivity contribution in [2.45, 2.75) is 39.0 Å². The number of hydrogen-bond acceptors (Lipinski definition) is 2. The average Bonchev–Trinajstić information content (AvgIpc) is 2.12. The number of rotatable bonds is 7. The lowest BCUT2D eigenvalue weighted by Crippen LogP contribution is -2.02. The van der Waals surface area contributed by atoms with E-state index in [1.54, 1.807) is 0 Å². The summed E-state index contributed by atoms with van der Waals surface area (Å²) in [6.07, 6.45) is 6.44. The Kier molecular flexibility index (Phi) is 6.98. The zero-order chi connectivity index (χ0) is 10.1. The summed E-state index contributed by atoms with van der Waals surface area (Å²) in [5.74, 6) is -0.355. The fraction of sp³-hybridized carbons (Fsp3) is 0.545. The molecule has 0 aromatic rings. The van der Waals surface area contributed by atoms with Crippen LogP contribution in [0.3, 0.4) is 0 Å². The molecule has 0 bridgehead atoms. The summed E-state index contributed by atoms with van der Waals surface area (Å²) in [5, 5.41) is 0. The van der Waals surface area contributed by atoms with Gasteiger partial charge in [-0.2, -0.15) is 0 Å². The van der Waals surface area contributed by atoms with Crippen LogP contribution in [0, 0.1) is 0 Å². The normalized spacial score (nSPS) is 9.31. The minimum Gasteiger partial charge on any atom is -0.432 e. The Bertz CT molecular complexity index is 183. The molecule has 0 saturated heterocycles. The highest BCUT2D eigenvalue weighted by Crippen LogP contribution is 2.09. The van der Waals surface area contributed by atoms with Gasteiger partial charge >= 0.3 is 5.97 Å². The van der Waals surface area contributed by atoms with E-state index in [9.17, 15) is 4.79 Å². The van der Waals surface area contributed by atoms with Crippen molar-refractivity contribution in [1.29, 1.82) is 0 Å². The van der Waals surface area contributed by atoms with Crippen LogP contribution in [0.2, 0.25) is 0 Å². The van der Waals surface area contributed by atoms with Gasteiger partial charge in [-0.1, -0.05) is 39.3 Å². The Labute approximate surface area is 80.3 Å². The fourth-order valence-electron chi connectivity index (χ4n) is 1.03. The first-order chi connectivity index (χ1) is 6.22. The first kappa shape index (κ1) is 11.9. The third kappa shape index (κ3) is 6.14. The van der Waals surface area contributed by atoms with Gasteiger partial charge in [0.15, 0.2) is 0 Å². The highest BCUT2D eigenvalue weighted by molar-refractivity contribution is 5.87. The van der Waals surface area contributed by atoms with Gasteiger partial charge in [0.2, 0.25) is 0 Å². The van der Waals surface area contributed by atoms with Gasteiger partial charge in [-0.25, -0.2) is 4.79 Å². The van der Waals surface area contributed by atoms with Crippen LogP contribution < -0.4 is 0 Å². The molecule has 2 heteroatoms. The molecule has 2 nitrogen and oxygen atoms in total. The van der Waals surface area contributed by atoms with E-state index >= 15 is 0 Å². The van der Waals surface area contributed by atoms with Crippen molar-refractivity contribution >= 4 is 5.97 Å². The SMILES string of the molecule is C=COC(=O)C(=C)CCCCCC. The summed E-state index contributed by atoms with van der Waals surface area (Å²) in [6, 6.07) is 0. The molecule has 0 atom stereocenters. The van der Waals surface area contributed by atoms with Crippen molar-refractivity contribution in [3.63, 3.8) is 0 Å². The van der Waals surface area contributed by atoms with Gasteiger partial charge in [-0.3, -0.25) is 0 Å². The van der Waals surface area contributed by atoms with Crippen LogP contribution in [-0.4, -0.2) is 5.97 Å². The number of hydrogen-bond donors (Lipinski definition) is 0. The van der Waals surface area contributed by atoms with Crippen molar-refractivity contribution in [3.8, 4) is 0 Å². The predicted octanol–water partition coefficient (Wildman–Crippen LogP) is 3.20. The van der Waals surface area contributed by atoms with Crippen LogP contribution in [0.5, 0.6) is 0 Å². The summed E-state index contributed by atoms with van der Waals surface area (Å²) in [5.41, 5.74) is 0.538. The number of carbonyl (C=O) groups is 1. The standard InChI is InChI=1S/C11H18O2/c1-4-6-7-8-9-10(3)11(12)13-5-2/h5H,2-4,6-9H2,1H3. The summed E-state index contributed by atoms with van der Waals surface area (Å²) in [7, 11) is 0. The van der Waals surface area contributed by atoms with Gasteiger partial charge in [-0.15, -0.1) is 0 Å². The highest BCUT2D eigenvalue weighted by Gasteiger charge is 2.05. The van der Waals surface area contributed by atoms with Crippen molar-refractivity contribution in [3.05, 3.63) is 25.0 Å². The molecule has 0 heterocycles. The lowest BCUT2D eigenvalue weighted by Gasteiger charge is -2.02. The molecule has 0 aliphatic carbocycles. The summed E-state index contributed by atoms with van der Waals surface area (Å²) < 4.78 is 4.59. The summed E-state index contributed by atoms with van der Waals surface area (Å²) in [6.45, 7) is 9.11. The van der Waals surface area contributed by atoms with Gasteiger partial charge in [-0.05, 0) is 12.8 Å². The highest BCUT2D eigenvalue weighted by atomic mass is 16.5. The molecule has 0 aromatic heterocycles. The van der Waals surface area contributed by atoms with Gasteiger partial charge in [0, 0.05) is 5.57 Å². The van der Waals surface area contributed by atoms with Gasteiger partial charge in [0.25, 0.3) is 0 Å². The van der Waals surface area contributed by atoms with E-state index in [2.05, 4.69) is 24.8 Å². The first-order valence-corrected chi connectivity index (χ1v) is 4.72. The molecule has 0 N–H and O–H groups in total. The Morgan fingerprint density at radius 1 is 1.38 bits per heavy atom. The molecule has 0 fully saturated rings. The van der Waals surface area contributed by atoms with Crippen molar-refractivity contribution in [2.24, 2.45) is 0 Å². The van der Waals surface area contributed by atoms with Gasteiger partial charge < -0.3 is 4.74 Å². The van der Waals surface area contributed by atoms with Crippen LogP contribution >= 0.6 is 0 Å². The number of carbonyl (C=O) groups excluding carboxylic acids is 1. The molecular formula is C11H18O2. The third-order valence-corrected chi connectivity index (χ3v) is 1.81. The third-order valence-electron chi connectivity index (χ3n) is 1.81. The van der Waals surface area contributed by atoms with Crippen LogP contribution in [-0.2, 0) is 9.53 Å². The monoisotopic (exact) mass is 182 g/mol. The molecule has 0 aliphatic heterocycles. The van der Waals surface area contributed by atoms with E-state index in [1.165, 1.54) is 12.8 Å². The molecule has 0 rings (SSSR count). The zero-order valence-electron chi connectivity index (χ0n) is 8.34. The van der Waals surface area contributed by atoms with Crippen LogP contribution in [0.1, 0.15) is 39.0 Å². The van der Waals surface area contributed by atoms with E-state index in [4.69, 9.17) is 0 Å². The van der Waals surface area contributed by atoms with Gasteiger partial charge in [0.05, 0.1) is 6.26 Å².